The van der Waals surface area contributed by atoms with E-state index in [1.807, 2.05) is 45.0 Å². The first-order valence-electron chi connectivity index (χ1n) is 5.99. The minimum absolute atomic E-state index is 0.169. The lowest BCUT2D eigenvalue weighted by atomic mass is 9.87. The Morgan fingerprint density at radius 1 is 1.44 bits per heavy atom. The molecule has 1 unspecified atom stereocenters. The molecular formula is C14H22N2O2. The maximum Gasteiger partial charge on any atom is 0.241 e. The van der Waals surface area contributed by atoms with E-state index >= 15 is 0 Å². The number of methoxy groups -OCH3 is 1. The molecule has 0 bridgehead atoms. The van der Waals surface area contributed by atoms with Crippen LogP contribution in [0.2, 0.25) is 0 Å². The van der Waals surface area contributed by atoms with Gasteiger partial charge in [-0.2, -0.15) is 0 Å². The van der Waals surface area contributed by atoms with Crippen molar-refractivity contribution >= 4 is 11.6 Å². The SMILES string of the molecule is COCc1cccc(NC(=O)C(N)C(C)(C)C)c1. The molecule has 0 aliphatic heterocycles. The van der Waals surface area contributed by atoms with E-state index < -0.39 is 6.04 Å². The average molecular weight is 250 g/mol. The molecule has 18 heavy (non-hydrogen) atoms. The smallest absolute Gasteiger partial charge is 0.241 e. The van der Waals surface area contributed by atoms with Gasteiger partial charge in [-0.3, -0.25) is 4.79 Å². The van der Waals surface area contributed by atoms with Crippen LogP contribution in [0.4, 0.5) is 5.69 Å². The number of anilines is 1. The Kier molecular flexibility index (Phi) is 4.87. The van der Waals surface area contributed by atoms with Crippen molar-refractivity contribution < 1.29 is 9.53 Å². The predicted molar refractivity (Wildman–Crippen MR) is 73.2 cm³/mol. The lowest BCUT2D eigenvalue weighted by Gasteiger charge is -2.25. The van der Waals surface area contributed by atoms with Gasteiger partial charge in [0, 0.05) is 12.8 Å². The molecule has 1 amide bonds. The Morgan fingerprint density at radius 3 is 2.67 bits per heavy atom. The lowest BCUT2D eigenvalue weighted by molar-refractivity contribution is -0.119. The van der Waals surface area contributed by atoms with Gasteiger partial charge in [-0.15, -0.1) is 0 Å². The molecule has 0 aliphatic carbocycles. The van der Waals surface area contributed by atoms with E-state index in [1.54, 1.807) is 7.11 Å². The second-order valence-electron chi connectivity index (χ2n) is 5.47. The molecule has 0 radical (unpaired) electrons. The standard InChI is InChI=1S/C14H22N2O2/c1-14(2,3)12(15)13(17)16-11-7-5-6-10(8-11)9-18-4/h5-8,12H,9,15H2,1-4H3,(H,16,17). The zero-order valence-electron chi connectivity index (χ0n) is 11.5. The van der Waals surface area contributed by atoms with Crippen LogP contribution in [-0.4, -0.2) is 19.1 Å². The Labute approximate surface area is 109 Å². The van der Waals surface area contributed by atoms with Gasteiger partial charge in [0.15, 0.2) is 0 Å². The molecule has 3 N–H and O–H groups in total. The van der Waals surface area contributed by atoms with Gasteiger partial charge in [0.25, 0.3) is 0 Å². The van der Waals surface area contributed by atoms with E-state index in [1.165, 1.54) is 0 Å². The number of nitrogens with one attached hydrogen (secondary N) is 1. The van der Waals surface area contributed by atoms with Gasteiger partial charge < -0.3 is 15.8 Å². The molecule has 0 saturated heterocycles. The highest BCUT2D eigenvalue weighted by Crippen LogP contribution is 2.19. The fourth-order valence-corrected chi connectivity index (χ4v) is 1.52. The molecule has 0 heterocycles. The van der Waals surface area contributed by atoms with Crippen molar-refractivity contribution in [1.82, 2.24) is 0 Å². The van der Waals surface area contributed by atoms with Crippen molar-refractivity contribution in [2.24, 2.45) is 11.1 Å². The summed E-state index contributed by atoms with van der Waals surface area (Å²) in [7, 11) is 1.64. The van der Waals surface area contributed by atoms with Crippen molar-refractivity contribution in [2.45, 2.75) is 33.4 Å². The number of rotatable bonds is 4. The summed E-state index contributed by atoms with van der Waals surface area (Å²) in [5, 5.41) is 2.83. The van der Waals surface area contributed by atoms with Crippen LogP contribution in [0.1, 0.15) is 26.3 Å². The van der Waals surface area contributed by atoms with Gasteiger partial charge in [-0.05, 0) is 23.1 Å². The maximum absolute atomic E-state index is 12.0. The predicted octanol–water partition coefficient (Wildman–Crippen LogP) is 2.14. The second-order valence-corrected chi connectivity index (χ2v) is 5.47. The number of benzene rings is 1. The molecule has 1 aromatic rings. The molecule has 0 aromatic heterocycles. The van der Waals surface area contributed by atoms with Crippen molar-refractivity contribution in [3.05, 3.63) is 29.8 Å². The topological polar surface area (TPSA) is 64.3 Å². The Bertz CT molecular complexity index is 411. The Balaban J connectivity index is 2.73. The van der Waals surface area contributed by atoms with Gasteiger partial charge in [0.05, 0.1) is 12.6 Å². The van der Waals surface area contributed by atoms with Crippen LogP contribution in [0.15, 0.2) is 24.3 Å². The van der Waals surface area contributed by atoms with Crippen LogP contribution >= 0.6 is 0 Å². The van der Waals surface area contributed by atoms with Gasteiger partial charge >= 0.3 is 0 Å². The summed E-state index contributed by atoms with van der Waals surface area (Å²) in [5.74, 6) is -0.169. The van der Waals surface area contributed by atoms with Crippen molar-refractivity contribution in [3.8, 4) is 0 Å². The number of hydrogen-bond acceptors (Lipinski definition) is 3. The Morgan fingerprint density at radius 2 is 2.11 bits per heavy atom. The molecule has 0 spiro atoms. The molecule has 4 nitrogen and oxygen atoms in total. The van der Waals surface area contributed by atoms with E-state index in [4.69, 9.17) is 10.5 Å². The zero-order valence-corrected chi connectivity index (χ0v) is 11.5. The number of ether oxygens (including phenoxy) is 1. The molecule has 0 aliphatic rings. The normalized spacial score (nSPS) is 13.2. The number of nitrogens with two attached hydrogens (primary N) is 1. The number of carbonyl (C=O) groups is 1. The second kappa shape index (κ2) is 5.98. The van der Waals surface area contributed by atoms with E-state index in [9.17, 15) is 4.79 Å². The molecular weight excluding hydrogens is 228 g/mol. The summed E-state index contributed by atoms with van der Waals surface area (Å²) in [6.45, 7) is 6.35. The Hall–Kier alpha value is -1.39. The highest BCUT2D eigenvalue weighted by molar-refractivity contribution is 5.95. The summed E-state index contributed by atoms with van der Waals surface area (Å²) in [6, 6.07) is 7.02. The maximum atomic E-state index is 12.0. The zero-order chi connectivity index (χ0) is 13.8. The molecule has 0 saturated carbocycles. The van der Waals surface area contributed by atoms with Crippen LogP contribution in [0.3, 0.4) is 0 Å². The number of amides is 1. The number of hydrogen-bond donors (Lipinski definition) is 2. The summed E-state index contributed by atoms with van der Waals surface area (Å²) in [6.07, 6.45) is 0. The lowest BCUT2D eigenvalue weighted by Crippen LogP contribution is -2.45. The summed E-state index contributed by atoms with van der Waals surface area (Å²) in [5.41, 5.74) is 7.40. The fourth-order valence-electron chi connectivity index (χ4n) is 1.52. The third-order valence-corrected chi connectivity index (χ3v) is 2.72. The quantitative estimate of drug-likeness (QED) is 0.860. The molecule has 1 aromatic carbocycles. The van der Waals surface area contributed by atoms with Crippen molar-refractivity contribution in [1.29, 1.82) is 0 Å². The third kappa shape index (κ3) is 4.13. The fraction of sp³-hybridized carbons (Fsp3) is 0.500. The first-order valence-corrected chi connectivity index (χ1v) is 5.99. The first-order chi connectivity index (χ1) is 8.34. The van der Waals surface area contributed by atoms with Crippen molar-refractivity contribution in [3.63, 3.8) is 0 Å². The molecule has 4 heteroatoms. The molecule has 0 fully saturated rings. The first kappa shape index (κ1) is 14.7. The van der Waals surface area contributed by atoms with Crippen LogP contribution < -0.4 is 11.1 Å². The monoisotopic (exact) mass is 250 g/mol. The summed E-state index contributed by atoms with van der Waals surface area (Å²) in [4.78, 5) is 12.0. The highest BCUT2D eigenvalue weighted by atomic mass is 16.5. The van der Waals surface area contributed by atoms with Gasteiger partial charge in [0.1, 0.15) is 0 Å². The summed E-state index contributed by atoms with van der Waals surface area (Å²) < 4.78 is 5.05. The molecule has 100 valence electrons. The van der Waals surface area contributed by atoms with Crippen LogP contribution in [0, 0.1) is 5.41 Å². The van der Waals surface area contributed by atoms with Gasteiger partial charge in [0.2, 0.25) is 5.91 Å². The molecule has 1 rings (SSSR count). The van der Waals surface area contributed by atoms with E-state index in [0.29, 0.717) is 6.61 Å². The van der Waals surface area contributed by atoms with E-state index in [-0.39, 0.29) is 11.3 Å². The summed E-state index contributed by atoms with van der Waals surface area (Å²) >= 11 is 0. The minimum Gasteiger partial charge on any atom is -0.380 e. The average Bonchev–Trinajstić information content (AvgIpc) is 2.27. The third-order valence-electron chi connectivity index (χ3n) is 2.72. The van der Waals surface area contributed by atoms with E-state index in [2.05, 4.69) is 5.32 Å². The number of carbonyl (C=O) groups excluding carboxylic acids is 1. The van der Waals surface area contributed by atoms with Crippen LogP contribution in [0.25, 0.3) is 0 Å². The van der Waals surface area contributed by atoms with Crippen LogP contribution in [0.5, 0.6) is 0 Å². The molecule has 1 atom stereocenters. The largest absolute Gasteiger partial charge is 0.380 e. The highest BCUT2D eigenvalue weighted by Gasteiger charge is 2.27. The van der Waals surface area contributed by atoms with Gasteiger partial charge in [-0.1, -0.05) is 32.9 Å². The van der Waals surface area contributed by atoms with Crippen LogP contribution in [-0.2, 0) is 16.1 Å². The van der Waals surface area contributed by atoms with Gasteiger partial charge in [-0.25, -0.2) is 0 Å². The van der Waals surface area contributed by atoms with E-state index in [0.717, 1.165) is 11.3 Å². The minimum atomic E-state index is -0.538. The van der Waals surface area contributed by atoms with Crippen molar-refractivity contribution in [2.75, 3.05) is 12.4 Å².